The van der Waals surface area contributed by atoms with Crippen LogP contribution in [-0.4, -0.2) is 47.1 Å². The molecule has 22 heavy (non-hydrogen) atoms. The summed E-state index contributed by atoms with van der Waals surface area (Å²) in [5.74, 6) is 1.46. The molecule has 7 heteroatoms. The average molecular weight is 320 g/mol. The second kappa shape index (κ2) is 7.51. The van der Waals surface area contributed by atoms with Crippen LogP contribution in [0.2, 0.25) is 0 Å². The van der Waals surface area contributed by atoms with Crippen molar-refractivity contribution in [3.63, 3.8) is 0 Å². The molecule has 0 aliphatic carbocycles. The Labute approximate surface area is 133 Å². The van der Waals surface area contributed by atoms with Crippen LogP contribution in [0.5, 0.6) is 0 Å². The molecule has 0 bridgehead atoms. The third-order valence-electron chi connectivity index (χ3n) is 3.68. The van der Waals surface area contributed by atoms with Gasteiger partial charge >= 0.3 is 0 Å². The van der Waals surface area contributed by atoms with Gasteiger partial charge in [-0.25, -0.2) is 0 Å². The third-order valence-corrected chi connectivity index (χ3v) is 4.55. The molecule has 3 rings (SSSR count). The fourth-order valence-corrected chi connectivity index (χ4v) is 3.16. The van der Waals surface area contributed by atoms with E-state index in [2.05, 4.69) is 15.5 Å². The maximum atomic E-state index is 12.2. The van der Waals surface area contributed by atoms with Crippen LogP contribution in [0.1, 0.15) is 25.2 Å². The summed E-state index contributed by atoms with van der Waals surface area (Å²) in [6, 6.07) is 3.93. The van der Waals surface area contributed by atoms with Gasteiger partial charge in [-0.1, -0.05) is 11.2 Å². The van der Waals surface area contributed by atoms with E-state index in [4.69, 9.17) is 4.52 Å². The zero-order valence-corrected chi connectivity index (χ0v) is 13.3. The van der Waals surface area contributed by atoms with Gasteiger partial charge in [0.1, 0.15) is 0 Å². The van der Waals surface area contributed by atoms with E-state index < -0.39 is 0 Å². The van der Waals surface area contributed by atoms with E-state index in [1.54, 1.807) is 11.3 Å². The number of aromatic nitrogens is 2. The maximum absolute atomic E-state index is 12.2. The van der Waals surface area contributed by atoms with Gasteiger partial charge in [0.15, 0.2) is 0 Å². The molecule has 0 aromatic carbocycles. The number of nitrogens with zero attached hydrogens (tertiary/aromatic N) is 3. The van der Waals surface area contributed by atoms with Gasteiger partial charge in [-0.05, 0) is 30.8 Å². The number of amides is 1. The van der Waals surface area contributed by atoms with Gasteiger partial charge in [0, 0.05) is 32.5 Å². The fourth-order valence-electron chi connectivity index (χ4n) is 2.51. The first kappa shape index (κ1) is 15.2. The minimum Gasteiger partial charge on any atom is -0.341 e. The molecule has 1 amide bonds. The summed E-state index contributed by atoms with van der Waals surface area (Å²) in [6.07, 6.45) is 2.96. The van der Waals surface area contributed by atoms with E-state index in [0.29, 0.717) is 24.6 Å². The molecule has 0 radical (unpaired) electrons. The van der Waals surface area contributed by atoms with Crippen molar-refractivity contribution in [1.29, 1.82) is 0 Å². The van der Waals surface area contributed by atoms with Crippen LogP contribution in [-0.2, 0) is 11.2 Å². The Morgan fingerprint density at radius 2 is 2.36 bits per heavy atom. The van der Waals surface area contributed by atoms with E-state index in [1.165, 1.54) is 0 Å². The first-order valence-corrected chi connectivity index (χ1v) is 8.56. The lowest BCUT2D eigenvalue weighted by molar-refractivity contribution is -0.131. The number of rotatable bonds is 5. The minimum atomic E-state index is 0.224. The highest BCUT2D eigenvalue weighted by molar-refractivity contribution is 7.13. The van der Waals surface area contributed by atoms with E-state index in [0.717, 1.165) is 43.9 Å². The molecule has 1 fully saturated rings. The topological polar surface area (TPSA) is 71.3 Å². The van der Waals surface area contributed by atoms with Gasteiger partial charge in [0.2, 0.25) is 17.6 Å². The van der Waals surface area contributed by atoms with E-state index >= 15 is 0 Å². The standard InChI is InChI=1S/C15H20N4O2S/c20-14(19-9-3-7-16-8-10-19)6-1-5-13-17-15(18-21-13)12-4-2-11-22-12/h2,4,11,16H,1,3,5-10H2. The quantitative estimate of drug-likeness (QED) is 0.911. The van der Waals surface area contributed by atoms with Crippen LogP contribution in [0, 0.1) is 0 Å². The van der Waals surface area contributed by atoms with Crippen molar-refractivity contribution in [1.82, 2.24) is 20.4 Å². The Morgan fingerprint density at radius 1 is 1.41 bits per heavy atom. The summed E-state index contributed by atoms with van der Waals surface area (Å²) in [7, 11) is 0. The Kier molecular flexibility index (Phi) is 5.18. The summed E-state index contributed by atoms with van der Waals surface area (Å²) in [4.78, 5) is 19.5. The molecule has 6 nitrogen and oxygen atoms in total. The van der Waals surface area contributed by atoms with Crippen LogP contribution >= 0.6 is 11.3 Å². The summed E-state index contributed by atoms with van der Waals surface area (Å²) in [5.41, 5.74) is 0. The van der Waals surface area contributed by atoms with Crippen LogP contribution < -0.4 is 5.32 Å². The molecular weight excluding hydrogens is 300 g/mol. The zero-order valence-electron chi connectivity index (χ0n) is 12.5. The summed E-state index contributed by atoms with van der Waals surface area (Å²) in [5, 5.41) is 9.27. The molecule has 118 valence electrons. The Bertz CT molecular complexity index is 588. The van der Waals surface area contributed by atoms with E-state index in [1.807, 2.05) is 22.4 Å². The number of hydrogen-bond donors (Lipinski definition) is 1. The number of carbonyl (C=O) groups is 1. The average Bonchev–Trinajstić information content (AvgIpc) is 3.13. The van der Waals surface area contributed by atoms with Crippen molar-refractivity contribution in [2.75, 3.05) is 26.2 Å². The first-order chi connectivity index (χ1) is 10.8. The van der Waals surface area contributed by atoms with Gasteiger partial charge in [-0.3, -0.25) is 4.79 Å². The van der Waals surface area contributed by atoms with Gasteiger partial charge in [-0.15, -0.1) is 11.3 Å². The molecule has 1 aliphatic rings. The second-order valence-electron chi connectivity index (χ2n) is 5.33. The van der Waals surface area contributed by atoms with Crippen molar-refractivity contribution in [3.05, 3.63) is 23.4 Å². The predicted octanol–water partition coefficient (Wildman–Crippen LogP) is 1.94. The van der Waals surface area contributed by atoms with Crippen molar-refractivity contribution < 1.29 is 9.32 Å². The molecule has 0 spiro atoms. The van der Waals surface area contributed by atoms with Crippen molar-refractivity contribution >= 4 is 17.2 Å². The minimum absolute atomic E-state index is 0.224. The zero-order chi connectivity index (χ0) is 15.2. The fraction of sp³-hybridized carbons (Fsp3) is 0.533. The lowest BCUT2D eigenvalue weighted by Gasteiger charge is -2.19. The molecular formula is C15H20N4O2S. The van der Waals surface area contributed by atoms with E-state index in [9.17, 15) is 4.79 Å². The van der Waals surface area contributed by atoms with Crippen molar-refractivity contribution in [3.8, 4) is 10.7 Å². The smallest absolute Gasteiger partial charge is 0.226 e. The SMILES string of the molecule is O=C(CCCc1nc(-c2cccs2)no1)N1CCCNCC1. The van der Waals surface area contributed by atoms with Crippen LogP contribution in [0.4, 0.5) is 0 Å². The Balaban J connectivity index is 1.45. The number of aryl methyl sites for hydroxylation is 1. The largest absolute Gasteiger partial charge is 0.341 e. The van der Waals surface area contributed by atoms with Crippen LogP contribution in [0.3, 0.4) is 0 Å². The van der Waals surface area contributed by atoms with Crippen molar-refractivity contribution in [2.45, 2.75) is 25.7 Å². The molecule has 1 aliphatic heterocycles. The number of nitrogens with one attached hydrogen (secondary N) is 1. The molecule has 1 N–H and O–H groups in total. The van der Waals surface area contributed by atoms with Gasteiger partial charge in [0.05, 0.1) is 4.88 Å². The highest BCUT2D eigenvalue weighted by atomic mass is 32.1. The molecule has 0 saturated carbocycles. The summed E-state index contributed by atoms with van der Waals surface area (Å²) in [6.45, 7) is 3.55. The highest BCUT2D eigenvalue weighted by Crippen LogP contribution is 2.21. The molecule has 1 saturated heterocycles. The Morgan fingerprint density at radius 3 is 3.23 bits per heavy atom. The lowest BCUT2D eigenvalue weighted by atomic mass is 10.2. The predicted molar refractivity (Wildman–Crippen MR) is 84.6 cm³/mol. The molecule has 3 heterocycles. The number of carbonyl (C=O) groups excluding carboxylic acids is 1. The van der Waals surface area contributed by atoms with Crippen LogP contribution in [0.25, 0.3) is 10.7 Å². The normalized spacial score (nSPS) is 15.7. The summed E-state index contributed by atoms with van der Waals surface area (Å²) >= 11 is 1.59. The van der Waals surface area contributed by atoms with Gasteiger partial charge in [-0.2, -0.15) is 4.98 Å². The number of hydrogen-bond acceptors (Lipinski definition) is 6. The monoisotopic (exact) mass is 320 g/mol. The maximum Gasteiger partial charge on any atom is 0.226 e. The van der Waals surface area contributed by atoms with Gasteiger partial charge in [0.25, 0.3) is 0 Å². The first-order valence-electron chi connectivity index (χ1n) is 7.68. The molecule has 0 unspecified atom stereocenters. The molecule has 0 atom stereocenters. The van der Waals surface area contributed by atoms with Crippen molar-refractivity contribution in [2.24, 2.45) is 0 Å². The summed E-state index contributed by atoms with van der Waals surface area (Å²) < 4.78 is 5.25. The third kappa shape index (κ3) is 3.92. The van der Waals surface area contributed by atoms with Gasteiger partial charge < -0.3 is 14.7 Å². The molecule has 2 aromatic heterocycles. The Hall–Kier alpha value is -1.73. The van der Waals surface area contributed by atoms with E-state index in [-0.39, 0.29) is 5.91 Å². The highest BCUT2D eigenvalue weighted by Gasteiger charge is 2.15. The second-order valence-corrected chi connectivity index (χ2v) is 6.27. The van der Waals surface area contributed by atoms with Crippen LogP contribution in [0.15, 0.2) is 22.0 Å². The lowest BCUT2D eigenvalue weighted by Crippen LogP contribution is -2.34. The molecule has 2 aromatic rings. The number of thiophene rings is 1.